The average Bonchev–Trinajstić information content (AvgIpc) is 2.97. The van der Waals surface area contributed by atoms with Crippen molar-refractivity contribution >= 4 is 17.3 Å². The molecule has 27 heavy (non-hydrogen) atoms. The van der Waals surface area contributed by atoms with Crippen LogP contribution in [-0.4, -0.2) is 20.6 Å². The van der Waals surface area contributed by atoms with Crippen LogP contribution < -0.4 is 11.1 Å². The summed E-state index contributed by atoms with van der Waals surface area (Å²) in [5, 5.41) is 17.3. The number of carbonyl (C=O) groups excluding carboxylic acids is 1. The number of nitro benzene ring substituents is 1. The van der Waals surface area contributed by atoms with Crippen LogP contribution in [0.1, 0.15) is 11.1 Å². The van der Waals surface area contributed by atoms with Gasteiger partial charge in [0, 0.05) is 17.7 Å². The van der Waals surface area contributed by atoms with E-state index in [-0.39, 0.29) is 18.1 Å². The molecule has 1 N–H and O–H groups in total. The lowest BCUT2D eigenvalue weighted by Crippen LogP contribution is -2.26. The molecule has 0 spiro atoms. The molecular weight excluding hydrogens is 352 g/mol. The van der Waals surface area contributed by atoms with E-state index in [1.807, 2.05) is 19.1 Å². The van der Waals surface area contributed by atoms with Crippen molar-refractivity contribution in [2.24, 2.45) is 0 Å². The Labute approximate surface area is 153 Å². The van der Waals surface area contributed by atoms with Gasteiger partial charge in [-0.15, -0.1) is 0 Å². The van der Waals surface area contributed by atoms with Crippen LogP contribution in [0.5, 0.6) is 0 Å². The third kappa shape index (κ3) is 3.76. The SMILES string of the molecule is Cc1ccc([N+](=O)[O-])cc1NC(=O)Cn1c(-c2ccccc2C)noc1=O. The van der Waals surface area contributed by atoms with Gasteiger partial charge in [0.1, 0.15) is 6.54 Å². The normalized spacial score (nSPS) is 10.6. The van der Waals surface area contributed by atoms with Crippen molar-refractivity contribution in [2.45, 2.75) is 20.4 Å². The van der Waals surface area contributed by atoms with Crippen LogP contribution in [0.4, 0.5) is 11.4 Å². The number of aryl methyl sites for hydroxylation is 2. The third-order valence-corrected chi connectivity index (χ3v) is 4.08. The maximum Gasteiger partial charge on any atom is 0.442 e. The Balaban J connectivity index is 1.87. The number of non-ortho nitro benzene ring substituents is 1. The van der Waals surface area contributed by atoms with Crippen molar-refractivity contribution in [2.75, 3.05) is 5.32 Å². The summed E-state index contributed by atoms with van der Waals surface area (Å²) >= 11 is 0. The van der Waals surface area contributed by atoms with Crippen LogP contribution in [0, 0.1) is 24.0 Å². The Kier molecular flexibility index (Phi) is 4.84. The maximum absolute atomic E-state index is 12.4. The van der Waals surface area contributed by atoms with Gasteiger partial charge in [-0.1, -0.05) is 35.5 Å². The van der Waals surface area contributed by atoms with Gasteiger partial charge in [-0.2, -0.15) is 0 Å². The first-order valence-electron chi connectivity index (χ1n) is 8.04. The smallest absolute Gasteiger partial charge is 0.324 e. The molecule has 0 radical (unpaired) electrons. The quantitative estimate of drug-likeness (QED) is 0.546. The van der Waals surface area contributed by atoms with E-state index in [1.54, 1.807) is 19.1 Å². The van der Waals surface area contributed by atoms with Crippen molar-refractivity contribution in [3.63, 3.8) is 0 Å². The highest BCUT2D eigenvalue weighted by Gasteiger charge is 2.18. The average molecular weight is 368 g/mol. The van der Waals surface area contributed by atoms with Crippen LogP contribution in [0.2, 0.25) is 0 Å². The molecule has 2 aromatic carbocycles. The van der Waals surface area contributed by atoms with Gasteiger partial charge < -0.3 is 5.32 Å². The molecule has 1 amide bonds. The number of nitrogens with one attached hydrogen (secondary N) is 1. The van der Waals surface area contributed by atoms with E-state index >= 15 is 0 Å². The van der Waals surface area contributed by atoms with Crippen LogP contribution in [0.15, 0.2) is 51.8 Å². The second-order valence-corrected chi connectivity index (χ2v) is 5.98. The number of anilines is 1. The summed E-state index contributed by atoms with van der Waals surface area (Å²) in [4.78, 5) is 34.8. The lowest BCUT2D eigenvalue weighted by molar-refractivity contribution is -0.384. The number of benzene rings is 2. The van der Waals surface area contributed by atoms with Crippen molar-refractivity contribution in [1.29, 1.82) is 0 Å². The molecule has 138 valence electrons. The van der Waals surface area contributed by atoms with Crippen molar-refractivity contribution in [3.8, 4) is 11.4 Å². The van der Waals surface area contributed by atoms with E-state index in [1.165, 1.54) is 18.2 Å². The number of aromatic nitrogens is 2. The molecule has 3 rings (SSSR count). The molecule has 0 saturated carbocycles. The summed E-state index contributed by atoms with van der Waals surface area (Å²) in [5.41, 5.74) is 2.36. The second kappa shape index (κ2) is 7.24. The fraction of sp³-hybridized carbons (Fsp3) is 0.167. The van der Waals surface area contributed by atoms with E-state index in [0.29, 0.717) is 16.8 Å². The molecule has 3 aromatic rings. The summed E-state index contributed by atoms with van der Waals surface area (Å²) in [7, 11) is 0. The van der Waals surface area contributed by atoms with Gasteiger partial charge in [0.15, 0.2) is 5.82 Å². The largest absolute Gasteiger partial charge is 0.442 e. The van der Waals surface area contributed by atoms with Gasteiger partial charge in [0.2, 0.25) is 5.91 Å². The Morgan fingerprint density at radius 1 is 1.22 bits per heavy atom. The third-order valence-electron chi connectivity index (χ3n) is 4.08. The zero-order valence-corrected chi connectivity index (χ0v) is 14.6. The molecule has 0 saturated heterocycles. The Bertz CT molecular complexity index is 1080. The van der Waals surface area contributed by atoms with Crippen LogP contribution in [0.3, 0.4) is 0 Å². The lowest BCUT2D eigenvalue weighted by atomic mass is 10.1. The van der Waals surface area contributed by atoms with Crippen molar-refractivity contribution in [1.82, 2.24) is 9.72 Å². The molecule has 0 aliphatic rings. The van der Waals surface area contributed by atoms with Crippen molar-refractivity contribution < 1.29 is 14.2 Å². The van der Waals surface area contributed by atoms with E-state index in [9.17, 15) is 19.7 Å². The molecule has 0 bridgehead atoms. The first-order chi connectivity index (χ1) is 12.9. The molecule has 0 unspecified atom stereocenters. The van der Waals surface area contributed by atoms with Gasteiger partial charge >= 0.3 is 5.76 Å². The van der Waals surface area contributed by atoms with Crippen LogP contribution in [-0.2, 0) is 11.3 Å². The molecule has 0 aliphatic heterocycles. The highest BCUT2D eigenvalue weighted by Crippen LogP contribution is 2.23. The summed E-state index contributed by atoms with van der Waals surface area (Å²) in [6.07, 6.45) is 0. The Morgan fingerprint density at radius 3 is 2.67 bits per heavy atom. The summed E-state index contributed by atoms with van der Waals surface area (Å²) in [6, 6.07) is 11.4. The summed E-state index contributed by atoms with van der Waals surface area (Å²) in [5.74, 6) is -1.05. The molecule has 9 nitrogen and oxygen atoms in total. The minimum Gasteiger partial charge on any atom is -0.324 e. The first-order valence-corrected chi connectivity index (χ1v) is 8.04. The van der Waals surface area contributed by atoms with Gasteiger partial charge in [0.25, 0.3) is 5.69 Å². The van der Waals surface area contributed by atoms with E-state index in [2.05, 4.69) is 10.5 Å². The van der Waals surface area contributed by atoms with E-state index < -0.39 is 16.6 Å². The topological polar surface area (TPSA) is 120 Å². The number of amides is 1. The van der Waals surface area contributed by atoms with Gasteiger partial charge in [-0.25, -0.2) is 9.36 Å². The number of nitrogens with zero attached hydrogens (tertiary/aromatic N) is 3. The van der Waals surface area contributed by atoms with Gasteiger partial charge in [-0.3, -0.25) is 19.4 Å². The number of hydrogen-bond donors (Lipinski definition) is 1. The predicted molar refractivity (Wildman–Crippen MR) is 97.4 cm³/mol. The van der Waals surface area contributed by atoms with Gasteiger partial charge in [-0.05, 0) is 25.0 Å². The number of nitro groups is 1. The molecule has 0 atom stereocenters. The maximum atomic E-state index is 12.4. The second-order valence-electron chi connectivity index (χ2n) is 5.98. The standard InChI is InChI=1S/C18H16N4O5/c1-11-5-3-4-6-14(11)17-20-27-18(24)21(17)10-16(23)19-15-9-13(22(25)26)8-7-12(15)2/h3-9H,10H2,1-2H3,(H,19,23). The number of hydrogen-bond acceptors (Lipinski definition) is 6. The Hall–Kier alpha value is -3.75. The molecule has 1 aromatic heterocycles. The minimum atomic E-state index is -0.765. The highest BCUT2D eigenvalue weighted by molar-refractivity contribution is 5.92. The predicted octanol–water partition coefficient (Wildman–Crippen LogP) is 2.67. The first kappa shape index (κ1) is 18.1. The van der Waals surface area contributed by atoms with Gasteiger partial charge in [0.05, 0.1) is 10.6 Å². The fourth-order valence-electron chi connectivity index (χ4n) is 2.62. The number of rotatable bonds is 5. The summed E-state index contributed by atoms with van der Waals surface area (Å²) in [6.45, 7) is 3.23. The zero-order valence-electron chi connectivity index (χ0n) is 14.6. The Morgan fingerprint density at radius 2 is 1.96 bits per heavy atom. The number of carbonyl (C=O) groups is 1. The molecule has 0 aliphatic carbocycles. The molecular formula is C18H16N4O5. The zero-order chi connectivity index (χ0) is 19.6. The van der Waals surface area contributed by atoms with Crippen LogP contribution in [0.25, 0.3) is 11.4 Å². The van der Waals surface area contributed by atoms with E-state index in [0.717, 1.165) is 10.1 Å². The highest BCUT2D eigenvalue weighted by atomic mass is 16.6. The monoisotopic (exact) mass is 368 g/mol. The summed E-state index contributed by atoms with van der Waals surface area (Å²) < 4.78 is 5.83. The lowest BCUT2D eigenvalue weighted by Gasteiger charge is -2.10. The van der Waals surface area contributed by atoms with Crippen LogP contribution >= 0.6 is 0 Å². The fourth-order valence-corrected chi connectivity index (χ4v) is 2.62. The molecule has 1 heterocycles. The van der Waals surface area contributed by atoms with Crippen molar-refractivity contribution in [3.05, 3.63) is 74.3 Å². The minimum absolute atomic E-state index is 0.140. The molecule has 0 fully saturated rings. The molecule has 9 heteroatoms. The van der Waals surface area contributed by atoms with E-state index in [4.69, 9.17) is 4.52 Å².